The van der Waals surface area contributed by atoms with E-state index in [1.807, 2.05) is 13.8 Å². The lowest BCUT2D eigenvalue weighted by molar-refractivity contribution is -0.143. The average Bonchev–Trinajstić information content (AvgIpc) is 2.98. The fourth-order valence-electron chi connectivity index (χ4n) is 3.85. The molecule has 1 aromatic heterocycles. The number of aliphatic carboxylic acids is 1. The van der Waals surface area contributed by atoms with Crippen LogP contribution in [0, 0.1) is 17.8 Å². The predicted octanol–water partition coefficient (Wildman–Crippen LogP) is 1.80. The van der Waals surface area contributed by atoms with Crippen LogP contribution in [0.5, 0.6) is 0 Å². The summed E-state index contributed by atoms with van der Waals surface area (Å²) in [6, 6.07) is 1.30. The first-order valence-corrected chi connectivity index (χ1v) is 7.56. The van der Waals surface area contributed by atoms with Gasteiger partial charge >= 0.3 is 5.97 Å². The Hall–Kier alpha value is -1.85. The summed E-state index contributed by atoms with van der Waals surface area (Å²) in [7, 11) is 0. The van der Waals surface area contributed by atoms with Crippen LogP contribution in [0.2, 0.25) is 0 Å². The van der Waals surface area contributed by atoms with Crippen LogP contribution in [0.1, 0.15) is 44.9 Å². The Kier molecular flexibility index (Phi) is 3.47. The first-order chi connectivity index (χ1) is 9.95. The number of aromatic nitrogens is 2. The molecule has 1 aromatic rings. The maximum absolute atomic E-state index is 11.7. The summed E-state index contributed by atoms with van der Waals surface area (Å²) in [5, 5.41) is 12.7. The highest BCUT2D eigenvalue weighted by Crippen LogP contribution is 2.49. The van der Waals surface area contributed by atoms with Crippen molar-refractivity contribution < 1.29 is 9.90 Å². The first-order valence-electron chi connectivity index (χ1n) is 7.56. The first kappa shape index (κ1) is 14.1. The zero-order valence-electron chi connectivity index (χ0n) is 12.3. The van der Waals surface area contributed by atoms with Crippen molar-refractivity contribution in [3.05, 3.63) is 22.2 Å². The van der Waals surface area contributed by atoms with Gasteiger partial charge in [-0.25, -0.2) is 4.98 Å². The summed E-state index contributed by atoms with van der Waals surface area (Å²) in [5.74, 6) is 0.762. The second kappa shape index (κ2) is 5.16. The van der Waals surface area contributed by atoms with Crippen LogP contribution in [-0.2, 0) is 4.79 Å². The third-order valence-corrected chi connectivity index (χ3v) is 4.82. The Balaban J connectivity index is 1.86. The van der Waals surface area contributed by atoms with E-state index in [4.69, 9.17) is 0 Å². The SMILES string of the molecule is CC(C)c1nc(NC2C3CCC(C3)C2C(=O)O)cc(=O)[nH]1. The molecule has 1 heterocycles. The van der Waals surface area contributed by atoms with Crippen LogP contribution in [0.15, 0.2) is 10.9 Å². The fourth-order valence-corrected chi connectivity index (χ4v) is 3.85. The minimum absolute atomic E-state index is 0.115. The summed E-state index contributed by atoms with van der Waals surface area (Å²) < 4.78 is 0. The van der Waals surface area contributed by atoms with Crippen LogP contribution < -0.4 is 10.9 Å². The Bertz CT molecular complexity index is 610. The van der Waals surface area contributed by atoms with Gasteiger partial charge in [0.15, 0.2) is 0 Å². The molecule has 0 spiro atoms. The topological polar surface area (TPSA) is 95.1 Å². The van der Waals surface area contributed by atoms with E-state index >= 15 is 0 Å². The van der Waals surface area contributed by atoms with Gasteiger partial charge in [-0.3, -0.25) is 9.59 Å². The van der Waals surface area contributed by atoms with Crippen molar-refractivity contribution in [1.29, 1.82) is 0 Å². The summed E-state index contributed by atoms with van der Waals surface area (Å²) in [4.78, 5) is 30.3. The van der Waals surface area contributed by atoms with E-state index in [2.05, 4.69) is 15.3 Å². The van der Waals surface area contributed by atoms with Crippen LogP contribution in [0.4, 0.5) is 5.82 Å². The number of carbonyl (C=O) groups is 1. The predicted molar refractivity (Wildman–Crippen MR) is 78.3 cm³/mol. The molecule has 2 fully saturated rings. The van der Waals surface area contributed by atoms with Gasteiger partial charge < -0.3 is 15.4 Å². The molecule has 4 atom stereocenters. The quantitative estimate of drug-likeness (QED) is 0.786. The maximum atomic E-state index is 11.7. The zero-order chi connectivity index (χ0) is 15.1. The van der Waals surface area contributed by atoms with Crippen molar-refractivity contribution in [2.45, 2.75) is 45.1 Å². The molecule has 2 bridgehead atoms. The van der Waals surface area contributed by atoms with E-state index in [9.17, 15) is 14.7 Å². The lowest BCUT2D eigenvalue weighted by Crippen LogP contribution is -2.39. The standard InChI is InChI=1S/C15H21N3O3/c1-7(2)14-17-10(6-11(19)18-14)16-13-9-4-3-8(5-9)12(13)15(20)21/h6-9,12-13H,3-5H2,1-2H3,(H,20,21)(H2,16,17,18,19). The molecule has 0 radical (unpaired) electrons. The van der Waals surface area contributed by atoms with Gasteiger partial charge in [0.2, 0.25) is 0 Å². The lowest BCUT2D eigenvalue weighted by Gasteiger charge is -2.29. The Morgan fingerprint density at radius 3 is 2.81 bits per heavy atom. The van der Waals surface area contributed by atoms with Gasteiger partial charge in [0.1, 0.15) is 11.6 Å². The number of nitrogens with zero attached hydrogens (tertiary/aromatic N) is 1. The molecule has 2 saturated carbocycles. The summed E-state index contributed by atoms with van der Waals surface area (Å²) in [5.41, 5.74) is -0.203. The zero-order valence-corrected chi connectivity index (χ0v) is 12.3. The molecule has 4 unspecified atom stereocenters. The highest BCUT2D eigenvalue weighted by Gasteiger charge is 2.51. The van der Waals surface area contributed by atoms with Crippen molar-refractivity contribution in [2.24, 2.45) is 17.8 Å². The van der Waals surface area contributed by atoms with Gasteiger partial charge in [0, 0.05) is 18.0 Å². The molecule has 2 aliphatic rings. The van der Waals surface area contributed by atoms with E-state index in [-0.39, 0.29) is 29.4 Å². The molecule has 0 aromatic carbocycles. The van der Waals surface area contributed by atoms with Crippen LogP contribution in [0.3, 0.4) is 0 Å². The van der Waals surface area contributed by atoms with Gasteiger partial charge in [0.25, 0.3) is 5.56 Å². The summed E-state index contributed by atoms with van der Waals surface area (Å²) in [6.45, 7) is 3.92. The molecular formula is C15H21N3O3. The molecule has 21 heavy (non-hydrogen) atoms. The van der Waals surface area contributed by atoms with E-state index in [0.717, 1.165) is 19.3 Å². The van der Waals surface area contributed by atoms with Gasteiger partial charge in [-0.1, -0.05) is 13.8 Å². The smallest absolute Gasteiger partial charge is 0.308 e. The normalized spacial score (nSPS) is 30.8. The minimum Gasteiger partial charge on any atom is -0.481 e. The second-order valence-corrected chi connectivity index (χ2v) is 6.54. The number of rotatable bonds is 4. The van der Waals surface area contributed by atoms with Gasteiger partial charge in [0.05, 0.1) is 5.92 Å². The lowest BCUT2D eigenvalue weighted by atomic mass is 9.84. The highest BCUT2D eigenvalue weighted by molar-refractivity contribution is 5.73. The van der Waals surface area contributed by atoms with E-state index in [1.54, 1.807) is 0 Å². The monoisotopic (exact) mass is 291 g/mol. The van der Waals surface area contributed by atoms with Crippen molar-refractivity contribution in [2.75, 3.05) is 5.32 Å². The molecule has 6 heteroatoms. The van der Waals surface area contributed by atoms with Crippen molar-refractivity contribution in [3.8, 4) is 0 Å². The number of fused-ring (bicyclic) bond motifs is 2. The van der Waals surface area contributed by atoms with Crippen molar-refractivity contribution in [1.82, 2.24) is 9.97 Å². The molecular weight excluding hydrogens is 270 g/mol. The Morgan fingerprint density at radius 1 is 1.43 bits per heavy atom. The largest absolute Gasteiger partial charge is 0.481 e. The molecule has 3 rings (SSSR count). The van der Waals surface area contributed by atoms with Gasteiger partial charge in [-0.05, 0) is 31.1 Å². The number of carboxylic acids is 1. The summed E-state index contributed by atoms with van der Waals surface area (Å²) >= 11 is 0. The average molecular weight is 291 g/mol. The van der Waals surface area contributed by atoms with Gasteiger partial charge in [-0.15, -0.1) is 0 Å². The maximum Gasteiger partial charge on any atom is 0.308 e. The van der Waals surface area contributed by atoms with Crippen LogP contribution in [0.25, 0.3) is 0 Å². The van der Waals surface area contributed by atoms with Crippen molar-refractivity contribution >= 4 is 11.8 Å². The number of hydrogen-bond acceptors (Lipinski definition) is 4. The van der Waals surface area contributed by atoms with E-state index in [1.165, 1.54) is 6.07 Å². The Morgan fingerprint density at radius 2 is 2.14 bits per heavy atom. The molecule has 3 N–H and O–H groups in total. The Labute approximate surface area is 123 Å². The van der Waals surface area contributed by atoms with Crippen LogP contribution >= 0.6 is 0 Å². The van der Waals surface area contributed by atoms with E-state index < -0.39 is 5.97 Å². The van der Waals surface area contributed by atoms with Crippen molar-refractivity contribution in [3.63, 3.8) is 0 Å². The number of anilines is 1. The number of aromatic amines is 1. The number of nitrogens with one attached hydrogen (secondary N) is 2. The number of hydrogen-bond donors (Lipinski definition) is 3. The molecule has 0 aliphatic heterocycles. The molecule has 2 aliphatic carbocycles. The number of carboxylic acid groups (broad SMARTS) is 1. The fraction of sp³-hybridized carbons (Fsp3) is 0.667. The molecule has 114 valence electrons. The highest BCUT2D eigenvalue weighted by atomic mass is 16.4. The summed E-state index contributed by atoms with van der Waals surface area (Å²) in [6.07, 6.45) is 3.03. The van der Waals surface area contributed by atoms with E-state index in [0.29, 0.717) is 17.6 Å². The molecule has 0 amide bonds. The molecule has 6 nitrogen and oxygen atoms in total. The second-order valence-electron chi connectivity index (χ2n) is 6.54. The van der Waals surface area contributed by atoms with Crippen LogP contribution in [-0.4, -0.2) is 27.1 Å². The third kappa shape index (κ3) is 2.54. The third-order valence-electron chi connectivity index (χ3n) is 4.82. The van der Waals surface area contributed by atoms with Gasteiger partial charge in [-0.2, -0.15) is 0 Å². The molecule has 0 saturated heterocycles. The number of H-pyrrole nitrogens is 1. The minimum atomic E-state index is -0.742.